The number of rotatable bonds is 6. The Labute approximate surface area is 171 Å². The molecule has 8 heteroatoms. The number of benzene rings is 2. The first kappa shape index (κ1) is 19.2. The molecule has 0 unspecified atom stereocenters. The van der Waals surface area contributed by atoms with Crippen LogP contribution in [0, 0.1) is 10.6 Å². The fourth-order valence-electron chi connectivity index (χ4n) is 3.43. The highest BCUT2D eigenvalue weighted by atomic mass is 32.1. The van der Waals surface area contributed by atoms with Gasteiger partial charge in [0.1, 0.15) is 5.82 Å². The summed E-state index contributed by atoms with van der Waals surface area (Å²) in [6, 6.07) is 13.8. The predicted molar refractivity (Wildman–Crippen MR) is 114 cm³/mol. The number of para-hydroxylation sites is 1. The average Bonchev–Trinajstić information content (AvgIpc) is 3.03. The number of fused-ring (bicyclic) bond motifs is 3. The first-order chi connectivity index (χ1) is 14.0. The molecule has 0 aliphatic carbocycles. The van der Waals surface area contributed by atoms with Crippen LogP contribution in [0.25, 0.3) is 16.7 Å². The molecule has 0 N–H and O–H groups in total. The zero-order valence-corrected chi connectivity index (χ0v) is 16.8. The third-order valence-electron chi connectivity index (χ3n) is 4.74. The Kier molecular flexibility index (Phi) is 5.12. The molecule has 2 heterocycles. The van der Waals surface area contributed by atoms with E-state index in [9.17, 15) is 9.18 Å². The molecule has 4 rings (SSSR count). The lowest BCUT2D eigenvalue weighted by Crippen LogP contribution is -2.23. The van der Waals surface area contributed by atoms with Crippen LogP contribution in [0.5, 0.6) is 0 Å². The summed E-state index contributed by atoms with van der Waals surface area (Å²) in [5.74, 6) is 0.222. The molecule has 0 bridgehead atoms. The highest BCUT2D eigenvalue weighted by molar-refractivity contribution is 7.71. The Bertz CT molecular complexity index is 1320. The van der Waals surface area contributed by atoms with Crippen LogP contribution in [0.15, 0.2) is 66.0 Å². The van der Waals surface area contributed by atoms with E-state index in [-0.39, 0.29) is 11.4 Å². The van der Waals surface area contributed by atoms with Crippen molar-refractivity contribution in [2.75, 3.05) is 7.05 Å². The van der Waals surface area contributed by atoms with E-state index in [1.165, 1.54) is 12.1 Å². The Morgan fingerprint density at radius 1 is 1.21 bits per heavy atom. The molecular formula is C21H20FN5OS. The van der Waals surface area contributed by atoms with Crippen molar-refractivity contribution < 1.29 is 4.39 Å². The van der Waals surface area contributed by atoms with Crippen molar-refractivity contribution in [1.29, 1.82) is 0 Å². The van der Waals surface area contributed by atoms with Crippen LogP contribution in [0.2, 0.25) is 0 Å². The summed E-state index contributed by atoms with van der Waals surface area (Å²) in [6.07, 6.45) is 1.67. The van der Waals surface area contributed by atoms with Gasteiger partial charge in [-0.3, -0.25) is 18.7 Å². The number of hydrogen-bond donors (Lipinski definition) is 0. The predicted octanol–water partition coefficient (Wildman–Crippen LogP) is 3.59. The van der Waals surface area contributed by atoms with Crippen LogP contribution >= 0.6 is 12.2 Å². The summed E-state index contributed by atoms with van der Waals surface area (Å²) in [5, 5.41) is 5.21. The monoisotopic (exact) mass is 409 g/mol. The largest absolute Gasteiger partial charge is 0.283 e. The van der Waals surface area contributed by atoms with Crippen molar-refractivity contribution in [1.82, 2.24) is 23.6 Å². The van der Waals surface area contributed by atoms with Gasteiger partial charge in [-0.2, -0.15) is 0 Å². The second kappa shape index (κ2) is 7.73. The lowest BCUT2D eigenvalue weighted by Gasteiger charge is -2.16. The van der Waals surface area contributed by atoms with Gasteiger partial charge < -0.3 is 0 Å². The lowest BCUT2D eigenvalue weighted by molar-refractivity contribution is 0.244. The summed E-state index contributed by atoms with van der Waals surface area (Å²) < 4.78 is 18.7. The molecule has 0 saturated heterocycles. The SMILES string of the molecule is C=CCn1c(=O)c2ccccc2n2c(=S)n(CN(C)Cc3ccc(F)cc3)nc12. The molecule has 2 aromatic carbocycles. The number of hydrogen-bond acceptors (Lipinski definition) is 4. The van der Waals surface area contributed by atoms with E-state index in [0.29, 0.717) is 35.7 Å². The van der Waals surface area contributed by atoms with Crippen molar-refractivity contribution in [2.24, 2.45) is 0 Å². The summed E-state index contributed by atoms with van der Waals surface area (Å²) >= 11 is 5.69. The van der Waals surface area contributed by atoms with Crippen molar-refractivity contribution in [3.63, 3.8) is 0 Å². The highest BCUT2D eigenvalue weighted by Gasteiger charge is 2.15. The second-order valence-electron chi connectivity index (χ2n) is 6.92. The summed E-state index contributed by atoms with van der Waals surface area (Å²) in [4.78, 5) is 14.9. The lowest BCUT2D eigenvalue weighted by atomic mass is 10.2. The number of nitrogens with zero attached hydrogens (tertiary/aromatic N) is 5. The normalized spacial score (nSPS) is 11.6. The van der Waals surface area contributed by atoms with Crippen LogP contribution in [-0.2, 0) is 19.8 Å². The van der Waals surface area contributed by atoms with Crippen LogP contribution in [0.1, 0.15) is 5.56 Å². The zero-order chi connectivity index (χ0) is 20.5. The first-order valence-corrected chi connectivity index (χ1v) is 9.55. The van der Waals surface area contributed by atoms with E-state index >= 15 is 0 Å². The maximum Gasteiger partial charge on any atom is 0.263 e. The van der Waals surface area contributed by atoms with Gasteiger partial charge in [0.2, 0.25) is 10.5 Å². The molecule has 148 valence electrons. The maximum atomic E-state index is 13.1. The molecule has 0 atom stereocenters. The van der Waals surface area contributed by atoms with Gasteiger partial charge in [-0.25, -0.2) is 9.07 Å². The third kappa shape index (κ3) is 3.52. The van der Waals surface area contributed by atoms with Gasteiger partial charge in [-0.1, -0.05) is 30.3 Å². The van der Waals surface area contributed by atoms with Crippen LogP contribution in [0.4, 0.5) is 4.39 Å². The van der Waals surface area contributed by atoms with Gasteiger partial charge in [-0.05, 0) is 49.1 Å². The Morgan fingerprint density at radius 2 is 1.93 bits per heavy atom. The van der Waals surface area contributed by atoms with E-state index < -0.39 is 0 Å². The molecule has 0 radical (unpaired) electrons. The molecule has 0 spiro atoms. The molecule has 0 fully saturated rings. The van der Waals surface area contributed by atoms with Gasteiger partial charge in [0, 0.05) is 13.1 Å². The molecule has 6 nitrogen and oxygen atoms in total. The fourth-order valence-corrected chi connectivity index (χ4v) is 3.71. The van der Waals surface area contributed by atoms with Gasteiger partial charge in [0.25, 0.3) is 5.56 Å². The summed E-state index contributed by atoms with van der Waals surface area (Å²) in [5.41, 5.74) is 1.59. The zero-order valence-electron chi connectivity index (χ0n) is 16.0. The maximum absolute atomic E-state index is 13.1. The summed E-state index contributed by atoms with van der Waals surface area (Å²) in [6.45, 7) is 5.12. The Morgan fingerprint density at radius 3 is 2.66 bits per heavy atom. The minimum absolute atomic E-state index is 0.125. The minimum atomic E-state index is -0.258. The van der Waals surface area contributed by atoms with E-state index in [1.807, 2.05) is 34.5 Å². The van der Waals surface area contributed by atoms with Crippen molar-refractivity contribution in [3.05, 3.63) is 87.7 Å². The van der Waals surface area contributed by atoms with E-state index in [2.05, 4.69) is 11.7 Å². The van der Waals surface area contributed by atoms with Crippen LogP contribution in [-0.4, -0.2) is 30.7 Å². The van der Waals surface area contributed by atoms with E-state index in [1.54, 1.807) is 33.5 Å². The van der Waals surface area contributed by atoms with Crippen molar-refractivity contribution >= 4 is 28.9 Å². The van der Waals surface area contributed by atoms with Crippen molar-refractivity contribution in [2.45, 2.75) is 19.8 Å². The molecular weight excluding hydrogens is 389 g/mol. The summed E-state index contributed by atoms with van der Waals surface area (Å²) in [7, 11) is 1.93. The highest BCUT2D eigenvalue weighted by Crippen LogP contribution is 2.15. The van der Waals surface area contributed by atoms with Gasteiger partial charge >= 0.3 is 0 Å². The standard InChI is InChI=1S/C21H20FN5OS/c1-3-12-25-19(28)17-6-4-5-7-18(17)27-20(25)23-26(21(27)29)14-24(2)13-15-8-10-16(22)11-9-15/h3-11H,1,12-14H2,2H3. The minimum Gasteiger partial charge on any atom is -0.283 e. The third-order valence-corrected chi connectivity index (χ3v) is 5.13. The Balaban J connectivity index is 1.79. The molecule has 2 aromatic heterocycles. The van der Waals surface area contributed by atoms with Gasteiger partial charge in [-0.15, -0.1) is 11.7 Å². The quantitative estimate of drug-likeness (QED) is 0.361. The molecule has 29 heavy (non-hydrogen) atoms. The fraction of sp³-hybridized carbons (Fsp3) is 0.190. The van der Waals surface area contributed by atoms with E-state index in [4.69, 9.17) is 12.2 Å². The topological polar surface area (TPSA) is 47.5 Å². The molecule has 0 saturated carbocycles. The molecule has 4 aromatic rings. The van der Waals surface area contributed by atoms with Gasteiger partial charge in [0.05, 0.1) is 17.6 Å². The number of allylic oxidation sites excluding steroid dienone is 1. The van der Waals surface area contributed by atoms with Crippen LogP contribution in [0.3, 0.4) is 0 Å². The molecule has 0 aliphatic rings. The Hall–Kier alpha value is -3.10. The van der Waals surface area contributed by atoms with Crippen molar-refractivity contribution in [3.8, 4) is 0 Å². The second-order valence-corrected chi connectivity index (χ2v) is 7.29. The van der Waals surface area contributed by atoms with E-state index in [0.717, 1.165) is 11.1 Å². The molecule has 0 amide bonds. The smallest absolute Gasteiger partial charge is 0.263 e. The number of halogens is 1. The van der Waals surface area contributed by atoms with Crippen LogP contribution < -0.4 is 5.56 Å². The van der Waals surface area contributed by atoms with Gasteiger partial charge in [0.15, 0.2) is 0 Å². The molecule has 0 aliphatic heterocycles. The first-order valence-electron chi connectivity index (χ1n) is 9.14. The number of aromatic nitrogens is 4. The average molecular weight is 409 g/mol.